The molecule has 2 unspecified atom stereocenters. The molecule has 0 aliphatic heterocycles. The van der Waals surface area contributed by atoms with Crippen molar-refractivity contribution < 1.29 is 0 Å². The van der Waals surface area contributed by atoms with E-state index in [1.54, 1.807) is 0 Å². The lowest BCUT2D eigenvalue weighted by atomic mass is 9.97. The molecule has 0 radical (unpaired) electrons. The molecule has 2 heteroatoms. The Labute approximate surface area is 91.5 Å². The van der Waals surface area contributed by atoms with Gasteiger partial charge in [0.15, 0.2) is 0 Å². The summed E-state index contributed by atoms with van der Waals surface area (Å²) in [4.78, 5) is 1.51. The van der Waals surface area contributed by atoms with Crippen LogP contribution in [0, 0.1) is 12.8 Å². The van der Waals surface area contributed by atoms with Crippen molar-refractivity contribution in [1.29, 1.82) is 0 Å². The molecule has 0 aliphatic rings. The van der Waals surface area contributed by atoms with Crippen LogP contribution in [0.4, 0.5) is 0 Å². The van der Waals surface area contributed by atoms with Crippen LogP contribution < -0.4 is 5.32 Å². The Kier molecular flexibility index (Phi) is 4.63. The second kappa shape index (κ2) is 5.52. The van der Waals surface area contributed by atoms with E-state index in [9.17, 15) is 0 Å². The summed E-state index contributed by atoms with van der Waals surface area (Å²) >= 11 is 1.87. The van der Waals surface area contributed by atoms with Crippen LogP contribution in [0.15, 0.2) is 11.4 Å². The highest BCUT2D eigenvalue weighted by molar-refractivity contribution is 7.10. The van der Waals surface area contributed by atoms with E-state index in [0.717, 1.165) is 5.92 Å². The lowest BCUT2D eigenvalue weighted by Crippen LogP contribution is -2.18. The summed E-state index contributed by atoms with van der Waals surface area (Å²) in [6.45, 7) is 6.79. The van der Waals surface area contributed by atoms with Gasteiger partial charge in [0.2, 0.25) is 0 Å². The maximum Gasteiger partial charge on any atom is 0.0417 e. The highest BCUT2D eigenvalue weighted by atomic mass is 32.1. The molecule has 0 aromatic carbocycles. The zero-order valence-corrected chi connectivity index (χ0v) is 10.4. The van der Waals surface area contributed by atoms with Gasteiger partial charge < -0.3 is 5.32 Å². The Morgan fingerprint density at radius 3 is 2.64 bits per heavy atom. The smallest absolute Gasteiger partial charge is 0.0417 e. The first-order chi connectivity index (χ1) is 6.69. The molecule has 2 atom stereocenters. The molecule has 0 fully saturated rings. The monoisotopic (exact) mass is 211 g/mol. The molecule has 1 rings (SSSR count). The molecule has 0 bridgehead atoms. The minimum absolute atomic E-state index is 0.546. The maximum atomic E-state index is 3.42. The first-order valence-electron chi connectivity index (χ1n) is 5.40. The van der Waals surface area contributed by atoms with Crippen molar-refractivity contribution in [2.24, 2.45) is 5.92 Å². The van der Waals surface area contributed by atoms with Crippen LogP contribution in [-0.4, -0.2) is 7.05 Å². The molecule has 0 saturated heterocycles. The van der Waals surface area contributed by atoms with Crippen LogP contribution in [0.5, 0.6) is 0 Å². The van der Waals surface area contributed by atoms with Crippen molar-refractivity contribution in [1.82, 2.24) is 5.32 Å². The van der Waals surface area contributed by atoms with Gasteiger partial charge in [-0.2, -0.15) is 0 Å². The normalized spacial score (nSPS) is 15.4. The Morgan fingerprint density at radius 1 is 1.50 bits per heavy atom. The predicted octanol–water partition coefficient (Wildman–Crippen LogP) is 3.75. The summed E-state index contributed by atoms with van der Waals surface area (Å²) in [7, 11) is 2.06. The topological polar surface area (TPSA) is 12.0 Å². The zero-order chi connectivity index (χ0) is 10.6. The number of hydrogen-bond acceptors (Lipinski definition) is 2. The van der Waals surface area contributed by atoms with Gasteiger partial charge in [-0.15, -0.1) is 11.3 Å². The Bertz CT molecular complexity index is 267. The van der Waals surface area contributed by atoms with Crippen LogP contribution in [0.25, 0.3) is 0 Å². The van der Waals surface area contributed by atoms with Crippen molar-refractivity contribution in [3.05, 3.63) is 21.9 Å². The largest absolute Gasteiger partial charge is 0.312 e. The molecule has 1 N–H and O–H groups in total. The van der Waals surface area contributed by atoms with E-state index in [0.29, 0.717) is 6.04 Å². The van der Waals surface area contributed by atoms with E-state index in [2.05, 4.69) is 44.6 Å². The van der Waals surface area contributed by atoms with Crippen LogP contribution in [0.2, 0.25) is 0 Å². The van der Waals surface area contributed by atoms with Crippen molar-refractivity contribution in [2.45, 2.75) is 39.7 Å². The minimum atomic E-state index is 0.546. The summed E-state index contributed by atoms with van der Waals surface area (Å²) < 4.78 is 0. The van der Waals surface area contributed by atoms with Gasteiger partial charge in [-0.1, -0.05) is 20.3 Å². The third-order valence-electron chi connectivity index (χ3n) is 2.90. The number of thiophene rings is 1. The second-order valence-electron chi connectivity index (χ2n) is 4.06. The van der Waals surface area contributed by atoms with Crippen molar-refractivity contribution in [2.75, 3.05) is 7.05 Å². The summed E-state index contributed by atoms with van der Waals surface area (Å²) in [5.74, 6) is 0.800. The van der Waals surface area contributed by atoms with Gasteiger partial charge >= 0.3 is 0 Å². The molecule has 1 nitrogen and oxygen atoms in total. The molecule has 1 aromatic rings. The standard InChI is InChI=1S/C12H21NS/c1-5-9(2)8-11(13-4)12-10(3)6-7-14-12/h6-7,9,11,13H,5,8H2,1-4H3. The summed E-state index contributed by atoms with van der Waals surface area (Å²) in [6.07, 6.45) is 2.51. The molecule has 0 amide bonds. The van der Waals surface area contributed by atoms with Crippen molar-refractivity contribution in [3.8, 4) is 0 Å². The molecule has 80 valence electrons. The highest BCUT2D eigenvalue weighted by Crippen LogP contribution is 2.29. The van der Waals surface area contributed by atoms with Crippen LogP contribution >= 0.6 is 11.3 Å². The molecule has 0 aliphatic carbocycles. The van der Waals surface area contributed by atoms with Crippen molar-refractivity contribution in [3.63, 3.8) is 0 Å². The highest BCUT2D eigenvalue weighted by Gasteiger charge is 2.15. The second-order valence-corrected chi connectivity index (χ2v) is 5.01. The van der Waals surface area contributed by atoms with Gasteiger partial charge in [-0.3, -0.25) is 0 Å². The van der Waals surface area contributed by atoms with Crippen LogP contribution in [0.3, 0.4) is 0 Å². The third-order valence-corrected chi connectivity index (χ3v) is 4.03. The third kappa shape index (κ3) is 2.82. The number of nitrogens with one attached hydrogen (secondary N) is 1. The first kappa shape index (κ1) is 11.7. The van der Waals surface area contributed by atoms with Gasteiger partial charge in [0.1, 0.15) is 0 Å². The van der Waals surface area contributed by atoms with E-state index in [-0.39, 0.29) is 0 Å². The Balaban J connectivity index is 2.67. The number of hydrogen-bond donors (Lipinski definition) is 1. The maximum absolute atomic E-state index is 3.42. The van der Waals surface area contributed by atoms with E-state index in [4.69, 9.17) is 0 Å². The first-order valence-corrected chi connectivity index (χ1v) is 6.28. The molecule has 0 spiro atoms. The fraction of sp³-hybridized carbons (Fsp3) is 0.667. The SMILES string of the molecule is CCC(C)CC(NC)c1sccc1C. The lowest BCUT2D eigenvalue weighted by Gasteiger charge is -2.19. The molecular weight excluding hydrogens is 190 g/mol. The molecule has 1 heterocycles. The summed E-state index contributed by atoms with van der Waals surface area (Å²) in [5.41, 5.74) is 1.43. The molecule has 14 heavy (non-hydrogen) atoms. The lowest BCUT2D eigenvalue weighted by molar-refractivity contribution is 0.425. The molecule has 1 aromatic heterocycles. The van der Waals surface area contributed by atoms with Crippen LogP contribution in [-0.2, 0) is 0 Å². The van der Waals surface area contributed by atoms with Gasteiger partial charge in [-0.05, 0) is 43.3 Å². The number of rotatable bonds is 5. The fourth-order valence-electron chi connectivity index (χ4n) is 1.67. The van der Waals surface area contributed by atoms with E-state index < -0.39 is 0 Å². The average Bonchev–Trinajstić information content (AvgIpc) is 2.60. The van der Waals surface area contributed by atoms with Gasteiger partial charge in [0.05, 0.1) is 0 Å². The predicted molar refractivity (Wildman–Crippen MR) is 64.9 cm³/mol. The number of aryl methyl sites for hydroxylation is 1. The quantitative estimate of drug-likeness (QED) is 0.782. The van der Waals surface area contributed by atoms with Gasteiger partial charge in [-0.25, -0.2) is 0 Å². The van der Waals surface area contributed by atoms with Crippen LogP contribution in [0.1, 0.15) is 43.2 Å². The Hall–Kier alpha value is -0.340. The van der Waals surface area contributed by atoms with Crippen molar-refractivity contribution >= 4 is 11.3 Å². The fourth-order valence-corrected chi connectivity index (χ4v) is 2.72. The minimum Gasteiger partial charge on any atom is -0.312 e. The summed E-state index contributed by atoms with van der Waals surface area (Å²) in [5, 5.41) is 5.61. The van der Waals surface area contributed by atoms with E-state index in [1.165, 1.54) is 23.3 Å². The van der Waals surface area contributed by atoms with Gasteiger partial charge in [0.25, 0.3) is 0 Å². The van der Waals surface area contributed by atoms with E-state index >= 15 is 0 Å². The van der Waals surface area contributed by atoms with E-state index in [1.807, 2.05) is 11.3 Å². The summed E-state index contributed by atoms with van der Waals surface area (Å²) in [6, 6.07) is 2.76. The molecular formula is C12H21NS. The molecule has 0 saturated carbocycles. The average molecular weight is 211 g/mol. The zero-order valence-electron chi connectivity index (χ0n) is 9.63. The Morgan fingerprint density at radius 2 is 2.21 bits per heavy atom. The van der Waals surface area contributed by atoms with Gasteiger partial charge in [0, 0.05) is 10.9 Å².